The van der Waals surface area contributed by atoms with Crippen LogP contribution >= 0.6 is 0 Å². The van der Waals surface area contributed by atoms with Gasteiger partial charge in [0, 0.05) is 24.5 Å². The number of ether oxygens (including phenoxy) is 1. The average molecular weight is 433 g/mol. The number of hydrogen-bond acceptors (Lipinski definition) is 6. The van der Waals surface area contributed by atoms with Crippen LogP contribution in [0.25, 0.3) is 10.8 Å². The molecule has 1 unspecified atom stereocenters. The van der Waals surface area contributed by atoms with Crippen molar-refractivity contribution < 1.29 is 14.3 Å². The summed E-state index contributed by atoms with van der Waals surface area (Å²) in [7, 11) is 1.62. The summed E-state index contributed by atoms with van der Waals surface area (Å²) >= 11 is 0. The Morgan fingerprint density at radius 1 is 1.16 bits per heavy atom. The largest absolute Gasteiger partial charge is 0.497 e. The van der Waals surface area contributed by atoms with Crippen LogP contribution in [-0.2, 0) is 22.6 Å². The zero-order valence-corrected chi connectivity index (χ0v) is 18.2. The molecule has 1 fully saturated rings. The molecule has 4 rings (SSSR count). The summed E-state index contributed by atoms with van der Waals surface area (Å²) < 4.78 is 5.16. The number of carbonyl (C=O) groups excluding carboxylic acids is 2. The Bertz CT molecular complexity index is 1110. The van der Waals surface area contributed by atoms with E-state index in [0.29, 0.717) is 18.8 Å². The minimum Gasteiger partial charge on any atom is -0.497 e. The van der Waals surface area contributed by atoms with E-state index in [1.54, 1.807) is 13.3 Å². The van der Waals surface area contributed by atoms with Crippen LogP contribution in [0.3, 0.4) is 0 Å². The van der Waals surface area contributed by atoms with Gasteiger partial charge < -0.3 is 15.8 Å². The summed E-state index contributed by atoms with van der Waals surface area (Å²) in [6, 6.07) is 15.1. The van der Waals surface area contributed by atoms with Crippen LogP contribution in [0.15, 0.2) is 54.7 Å². The topological polar surface area (TPSA) is 97.5 Å². The molecule has 32 heavy (non-hydrogen) atoms. The molecule has 0 radical (unpaired) electrons. The van der Waals surface area contributed by atoms with Crippen molar-refractivity contribution >= 4 is 28.3 Å². The third-order valence-electron chi connectivity index (χ3n) is 5.93. The van der Waals surface area contributed by atoms with Crippen molar-refractivity contribution in [3.05, 3.63) is 65.9 Å². The molecule has 2 heterocycles. The first-order chi connectivity index (χ1) is 15.5. The molecule has 1 atom stereocenters. The van der Waals surface area contributed by atoms with Crippen molar-refractivity contribution in [1.82, 2.24) is 15.2 Å². The van der Waals surface area contributed by atoms with Gasteiger partial charge in [0.15, 0.2) is 5.78 Å². The second-order valence-corrected chi connectivity index (χ2v) is 8.16. The van der Waals surface area contributed by atoms with Gasteiger partial charge in [0.1, 0.15) is 11.6 Å². The molecule has 1 aromatic heterocycles. The van der Waals surface area contributed by atoms with Gasteiger partial charge in [-0.1, -0.05) is 24.3 Å². The molecule has 1 aliphatic heterocycles. The highest BCUT2D eigenvalue weighted by atomic mass is 16.5. The van der Waals surface area contributed by atoms with Crippen LogP contribution in [0.1, 0.15) is 24.0 Å². The Balaban J connectivity index is 1.32. The average Bonchev–Trinajstić information content (AvgIpc) is 3.26. The van der Waals surface area contributed by atoms with Crippen LogP contribution in [0, 0.1) is 0 Å². The number of benzene rings is 2. The molecular weight excluding hydrogens is 404 g/mol. The number of anilines is 1. The minimum absolute atomic E-state index is 0.0426. The third kappa shape index (κ3) is 5.06. The summed E-state index contributed by atoms with van der Waals surface area (Å²) in [5.41, 5.74) is 7.88. The predicted octanol–water partition coefficient (Wildman–Crippen LogP) is 2.72. The molecule has 2 aromatic carbocycles. The van der Waals surface area contributed by atoms with E-state index < -0.39 is 0 Å². The fourth-order valence-electron chi connectivity index (χ4n) is 4.22. The molecule has 3 N–H and O–H groups in total. The number of nitrogens with two attached hydrogens (primary N) is 1. The SMILES string of the molecule is COc1ccc(CC(=O)CN2CCCC2C(=O)NCc2ccc3ccnc(N)c3c2)cc1. The van der Waals surface area contributed by atoms with Crippen LogP contribution in [-0.4, -0.2) is 47.8 Å². The molecule has 3 aromatic rings. The summed E-state index contributed by atoms with van der Waals surface area (Å²) in [6.45, 7) is 1.44. The zero-order chi connectivity index (χ0) is 22.5. The number of aromatic nitrogens is 1. The van der Waals surface area contributed by atoms with Crippen LogP contribution in [0.4, 0.5) is 5.82 Å². The van der Waals surface area contributed by atoms with E-state index in [1.807, 2.05) is 53.4 Å². The fraction of sp³-hybridized carbons (Fsp3) is 0.320. The van der Waals surface area contributed by atoms with Gasteiger partial charge in [0.25, 0.3) is 0 Å². The lowest BCUT2D eigenvalue weighted by Crippen LogP contribution is -2.45. The number of hydrogen-bond donors (Lipinski definition) is 2. The Hall–Kier alpha value is -3.45. The maximum Gasteiger partial charge on any atom is 0.237 e. The molecule has 7 heteroatoms. The van der Waals surface area contributed by atoms with Gasteiger partial charge in [-0.3, -0.25) is 14.5 Å². The highest BCUT2D eigenvalue weighted by Crippen LogP contribution is 2.21. The molecular formula is C25H28N4O3. The summed E-state index contributed by atoms with van der Waals surface area (Å²) in [6.07, 6.45) is 3.70. The lowest BCUT2D eigenvalue weighted by Gasteiger charge is -2.23. The van der Waals surface area contributed by atoms with Crippen LogP contribution in [0.2, 0.25) is 0 Å². The van der Waals surface area contributed by atoms with Crippen molar-refractivity contribution in [3.63, 3.8) is 0 Å². The van der Waals surface area contributed by atoms with Crippen molar-refractivity contribution in [2.24, 2.45) is 0 Å². The number of rotatable bonds is 8. The zero-order valence-electron chi connectivity index (χ0n) is 18.2. The van der Waals surface area contributed by atoms with Gasteiger partial charge in [-0.2, -0.15) is 0 Å². The molecule has 0 aliphatic carbocycles. The van der Waals surface area contributed by atoms with Gasteiger partial charge in [0.05, 0.1) is 19.7 Å². The Morgan fingerprint density at radius 3 is 2.72 bits per heavy atom. The highest BCUT2D eigenvalue weighted by molar-refractivity contribution is 5.91. The summed E-state index contributed by atoms with van der Waals surface area (Å²) in [4.78, 5) is 31.6. The van der Waals surface area contributed by atoms with Crippen molar-refractivity contribution in [3.8, 4) is 5.75 Å². The van der Waals surface area contributed by atoms with Gasteiger partial charge in [-0.15, -0.1) is 0 Å². The lowest BCUT2D eigenvalue weighted by molar-refractivity contribution is -0.127. The number of fused-ring (bicyclic) bond motifs is 1. The number of nitrogen functional groups attached to an aromatic ring is 1. The lowest BCUT2D eigenvalue weighted by atomic mass is 10.1. The molecule has 0 spiro atoms. The summed E-state index contributed by atoms with van der Waals surface area (Å²) in [5.74, 6) is 1.31. The number of Topliss-reactive ketones (excluding diaryl/α,β-unsaturated/α-hetero) is 1. The fourth-order valence-corrected chi connectivity index (χ4v) is 4.22. The third-order valence-corrected chi connectivity index (χ3v) is 5.93. The number of methoxy groups -OCH3 is 1. The highest BCUT2D eigenvalue weighted by Gasteiger charge is 2.31. The van der Waals surface area contributed by atoms with E-state index in [2.05, 4.69) is 10.3 Å². The number of likely N-dealkylation sites (tertiary alicyclic amines) is 1. The minimum atomic E-state index is -0.276. The quantitative estimate of drug-likeness (QED) is 0.568. The monoisotopic (exact) mass is 432 g/mol. The van der Waals surface area contributed by atoms with Gasteiger partial charge in [-0.05, 0) is 60.2 Å². The Labute approximate surface area is 187 Å². The van der Waals surface area contributed by atoms with Crippen molar-refractivity contribution in [2.45, 2.75) is 31.8 Å². The van der Waals surface area contributed by atoms with Gasteiger partial charge >= 0.3 is 0 Å². The number of amides is 1. The van der Waals surface area contributed by atoms with Crippen LogP contribution < -0.4 is 15.8 Å². The molecule has 0 saturated carbocycles. The molecule has 1 aliphatic rings. The molecule has 1 amide bonds. The first kappa shape index (κ1) is 21.8. The maximum atomic E-state index is 12.9. The second kappa shape index (κ2) is 9.78. The standard InChI is InChI=1S/C25H28N4O3/c1-32-21-8-5-17(6-9-21)13-20(30)16-29-12-2-3-23(29)25(31)28-15-18-4-7-19-10-11-27-24(26)22(19)14-18/h4-11,14,23H,2-3,12-13,15-16H2,1H3,(H2,26,27)(H,28,31). The normalized spacial score (nSPS) is 16.2. The van der Waals surface area contributed by atoms with Gasteiger partial charge in [-0.25, -0.2) is 4.98 Å². The van der Waals surface area contributed by atoms with E-state index in [-0.39, 0.29) is 24.3 Å². The number of pyridine rings is 1. The number of ketones is 1. The van der Waals surface area contributed by atoms with Gasteiger partial charge in [0.2, 0.25) is 5.91 Å². The number of nitrogens with zero attached hydrogens (tertiary/aromatic N) is 2. The van der Waals surface area contributed by atoms with E-state index in [0.717, 1.165) is 47.0 Å². The van der Waals surface area contributed by atoms with E-state index in [9.17, 15) is 9.59 Å². The van der Waals surface area contributed by atoms with E-state index >= 15 is 0 Å². The first-order valence-electron chi connectivity index (χ1n) is 10.8. The Morgan fingerprint density at radius 2 is 1.94 bits per heavy atom. The summed E-state index contributed by atoms with van der Waals surface area (Å²) in [5, 5.41) is 4.92. The molecule has 0 bridgehead atoms. The van der Waals surface area contributed by atoms with Crippen LogP contribution in [0.5, 0.6) is 5.75 Å². The maximum absolute atomic E-state index is 12.9. The van der Waals surface area contributed by atoms with Crippen molar-refractivity contribution in [1.29, 1.82) is 0 Å². The number of carbonyl (C=O) groups is 2. The first-order valence-corrected chi connectivity index (χ1v) is 10.8. The van der Waals surface area contributed by atoms with E-state index in [4.69, 9.17) is 10.5 Å². The Kier molecular flexibility index (Phi) is 6.66. The predicted molar refractivity (Wildman–Crippen MR) is 124 cm³/mol. The number of nitrogens with one attached hydrogen (secondary N) is 1. The van der Waals surface area contributed by atoms with Crippen molar-refractivity contribution in [2.75, 3.05) is 25.9 Å². The second-order valence-electron chi connectivity index (χ2n) is 8.16. The van der Waals surface area contributed by atoms with E-state index in [1.165, 1.54) is 0 Å². The molecule has 1 saturated heterocycles. The molecule has 166 valence electrons. The smallest absolute Gasteiger partial charge is 0.237 e. The molecule has 7 nitrogen and oxygen atoms in total.